The lowest BCUT2D eigenvalue weighted by atomic mass is 10.1. The Labute approximate surface area is 199 Å². The average molecular weight is 459 g/mol. The first-order valence-corrected chi connectivity index (χ1v) is 10.9. The third-order valence-corrected chi connectivity index (χ3v) is 5.33. The van der Waals surface area contributed by atoms with Gasteiger partial charge in [0, 0.05) is 30.9 Å². The van der Waals surface area contributed by atoms with Gasteiger partial charge < -0.3 is 30.7 Å². The molecule has 0 aliphatic carbocycles. The number of nitrogens with two attached hydrogens (primary N) is 1. The van der Waals surface area contributed by atoms with Crippen LogP contribution >= 0.6 is 0 Å². The van der Waals surface area contributed by atoms with Crippen molar-refractivity contribution >= 4 is 31.1 Å². The molecule has 0 spiro atoms. The lowest BCUT2D eigenvalue weighted by molar-refractivity contribution is 0.102. The highest BCUT2D eigenvalue weighted by molar-refractivity contribution is 6.07. The maximum Gasteiger partial charge on any atom is 0.278 e. The summed E-state index contributed by atoms with van der Waals surface area (Å²) in [7, 11) is 5.41. The van der Waals surface area contributed by atoms with E-state index in [0.29, 0.717) is 37.0 Å². The van der Waals surface area contributed by atoms with Gasteiger partial charge in [0.25, 0.3) is 5.91 Å². The first-order chi connectivity index (χ1) is 16.5. The van der Waals surface area contributed by atoms with Crippen LogP contribution in [-0.2, 0) is 4.74 Å². The molecule has 4 N–H and O–H groups in total. The topological polar surface area (TPSA) is 128 Å². The average Bonchev–Trinajstić information content (AvgIpc) is 2.88. The number of hydrogen-bond donors (Lipinski definition) is 3. The van der Waals surface area contributed by atoms with Gasteiger partial charge in [0.1, 0.15) is 12.4 Å². The van der Waals surface area contributed by atoms with Crippen LogP contribution in [0.1, 0.15) is 17.4 Å². The summed E-state index contributed by atoms with van der Waals surface area (Å²) in [6.45, 7) is 5.01. The van der Waals surface area contributed by atoms with Gasteiger partial charge in [0.2, 0.25) is 0 Å². The third kappa shape index (κ3) is 5.62. The van der Waals surface area contributed by atoms with Gasteiger partial charge in [-0.25, -0.2) is 9.97 Å². The zero-order chi connectivity index (χ0) is 23.9. The van der Waals surface area contributed by atoms with Crippen LogP contribution in [0, 0.1) is 0 Å². The highest BCUT2D eigenvalue weighted by Gasteiger charge is 2.20. The molecule has 2 radical (unpaired) electrons. The number of rotatable bonds is 8. The summed E-state index contributed by atoms with van der Waals surface area (Å²) in [6.07, 6.45) is 4.82. The number of ether oxygens (including phenoxy) is 2. The van der Waals surface area contributed by atoms with Crippen LogP contribution in [0.3, 0.4) is 0 Å². The van der Waals surface area contributed by atoms with Gasteiger partial charge in [0.05, 0.1) is 42.7 Å². The Morgan fingerprint density at radius 3 is 2.91 bits per heavy atom. The van der Waals surface area contributed by atoms with Crippen molar-refractivity contribution in [3.05, 3.63) is 54.6 Å². The number of aromatic nitrogens is 3. The van der Waals surface area contributed by atoms with E-state index in [1.807, 2.05) is 37.3 Å². The van der Waals surface area contributed by atoms with E-state index in [1.54, 1.807) is 12.4 Å². The van der Waals surface area contributed by atoms with Crippen LogP contribution in [0.2, 0.25) is 0 Å². The number of nitrogens with one attached hydrogen (secondary N) is 2. The number of benzene rings is 1. The normalized spacial score (nSPS) is 14.4. The zero-order valence-corrected chi connectivity index (χ0v) is 18.9. The van der Waals surface area contributed by atoms with Gasteiger partial charge in [0.15, 0.2) is 19.5 Å². The Hall–Kier alpha value is -3.70. The second-order valence-corrected chi connectivity index (χ2v) is 7.84. The fraction of sp³-hybridized carbons (Fsp3) is 0.304. The monoisotopic (exact) mass is 459 g/mol. The van der Waals surface area contributed by atoms with Crippen LogP contribution < -0.4 is 25.9 Å². The van der Waals surface area contributed by atoms with Crippen molar-refractivity contribution in [2.75, 3.05) is 48.9 Å². The van der Waals surface area contributed by atoms with Crippen molar-refractivity contribution in [2.45, 2.75) is 13.0 Å². The Morgan fingerprint density at radius 1 is 1.29 bits per heavy atom. The highest BCUT2D eigenvalue weighted by Crippen LogP contribution is 2.27. The van der Waals surface area contributed by atoms with Gasteiger partial charge in [-0.05, 0) is 25.1 Å². The molecular formula is C23H26BN7O3. The minimum atomic E-state index is -0.468. The maximum atomic E-state index is 13.1. The predicted molar refractivity (Wildman–Crippen MR) is 131 cm³/mol. The Balaban J connectivity index is 1.55. The van der Waals surface area contributed by atoms with E-state index in [1.165, 1.54) is 6.20 Å². The minimum absolute atomic E-state index is 0.00917. The number of amides is 1. The molecule has 174 valence electrons. The number of nitrogen functional groups attached to an aromatic ring is 1. The smallest absolute Gasteiger partial charge is 0.278 e. The van der Waals surface area contributed by atoms with Crippen LogP contribution in [0.25, 0.3) is 11.3 Å². The van der Waals surface area contributed by atoms with E-state index in [9.17, 15) is 4.79 Å². The summed E-state index contributed by atoms with van der Waals surface area (Å²) < 4.78 is 11.2. The van der Waals surface area contributed by atoms with E-state index >= 15 is 0 Å². The number of anilines is 3. The molecule has 1 amide bonds. The predicted octanol–water partition coefficient (Wildman–Crippen LogP) is 1.65. The lowest BCUT2D eigenvalue weighted by Gasteiger charge is -2.30. The number of nitrogens with zero attached hydrogens (tertiary/aromatic N) is 4. The fourth-order valence-electron chi connectivity index (χ4n) is 3.46. The van der Waals surface area contributed by atoms with Crippen LogP contribution in [-0.4, -0.2) is 67.8 Å². The molecule has 1 saturated heterocycles. The first-order valence-electron chi connectivity index (χ1n) is 10.9. The molecule has 1 aliphatic rings. The summed E-state index contributed by atoms with van der Waals surface area (Å²) in [6, 6.07) is 9.21. The van der Waals surface area contributed by atoms with Gasteiger partial charge in [-0.3, -0.25) is 9.78 Å². The third-order valence-electron chi connectivity index (χ3n) is 5.33. The van der Waals surface area contributed by atoms with Crippen molar-refractivity contribution < 1.29 is 14.3 Å². The Kier molecular flexibility index (Phi) is 7.56. The van der Waals surface area contributed by atoms with E-state index in [4.69, 9.17) is 23.2 Å². The van der Waals surface area contributed by atoms with Gasteiger partial charge in [-0.15, -0.1) is 0 Å². The standard InChI is InChI=1S/C23H26BN7O3/c1-15(30-24)14-34-17-4-2-3-16(11-17)18-13-27-22(25)21(28-18)23(32)29-19-12-26-6-5-20(19)31-7-9-33-10-8-31/h2-6,11-13,15,30H,7-10,14H2,1H3,(H2,25,27)(H,29,32). The Morgan fingerprint density at radius 2 is 2.12 bits per heavy atom. The van der Waals surface area contributed by atoms with E-state index in [-0.39, 0.29) is 17.6 Å². The van der Waals surface area contributed by atoms with Crippen LogP contribution in [0.5, 0.6) is 5.75 Å². The van der Waals surface area contributed by atoms with Crippen molar-refractivity contribution in [2.24, 2.45) is 0 Å². The molecule has 1 unspecified atom stereocenters. The summed E-state index contributed by atoms with van der Waals surface area (Å²) >= 11 is 0. The molecule has 0 saturated carbocycles. The Bertz CT molecular complexity index is 1140. The molecule has 1 aromatic carbocycles. The quantitative estimate of drug-likeness (QED) is 0.431. The highest BCUT2D eigenvalue weighted by atomic mass is 16.5. The molecule has 0 bridgehead atoms. The number of pyridine rings is 1. The molecule has 1 aliphatic heterocycles. The molecule has 10 nitrogen and oxygen atoms in total. The van der Waals surface area contributed by atoms with E-state index in [2.05, 4.69) is 30.4 Å². The van der Waals surface area contributed by atoms with E-state index in [0.717, 1.165) is 24.3 Å². The molecule has 4 rings (SSSR count). The molecule has 1 fully saturated rings. The number of morpholine rings is 1. The zero-order valence-electron chi connectivity index (χ0n) is 18.9. The van der Waals surface area contributed by atoms with Gasteiger partial charge in [-0.1, -0.05) is 12.1 Å². The van der Waals surface area contributed by atoms with Crippen LogP contribution in [0.4, 0.5) is 17.2 Å². The SMILES string of the molecule is [B]NC(C)COc1cccc(-c2cnc(N)c(C(=O)Nc3cnccc3N3CCOCC3)n2)c1. The molecule has 3 heterocycles. The summed E-state index contributed by atoms with van der Waals surface area (Å²) in [4.78, 5) is 28.1. The van der Waals surface area contributed by atoms with Crippen molar-refractivity contribution in [1.82, 2.24) is 20.2 Å². The lowest BCUT2D eigenvalue weighted by Crippen LogP contribution is -2.36. The molecule has 1 atom stereocenters. The molecule has 11 heteroatoms. The number of hydrogen-bond acceptors (Lipinski definition) is 9. The van der Waals surface area contributed by atoms with Crippen molar-refractivity contribution in [3.8, 4) is 17.0 Å². The van der Waals surface area contributed by atoms with Crippen molar-refractivity contribution in [1.29, 1.82) is 0 Å². The maximum absolute atomic E-state index is 13.1. The number of carbonyl (C=O) groups is 1. The second-order valence-electron chi connectivity index (χ2n) is 7.84. The fourth-order valence-corrected chi connectivity index (χ4v) is 3.46. The van der Waals surface area contributed by atoms with Gasteiger partial charge in [-0.2, -0.15) is 0 Å². The summed E-state index contributed by atoms with van der Waals surface area (Å²) in [5.41, 5.74) is 8.70. The second kappa shape index (κ2) is 10.9. The largest absolute Gasteiger partial charge is 0.492 e. The van der Waals surface area contributed by atoms with Gasteiger partial charge >= 0.3 is 0 Å². The molecular weight excluding hydrogens is 433 g/mol. The number of carbonyl (C=O) groups excluding carboxylic acids is 1. The first kappa shape index (κ1) is 23.5. The van der Waals surface area contributed by atoms with E-state index < -0.39 is 5.91 Å². The molecule has 3 aromatic rings. The van der Waals surface area contributed by atoms with Crippen LogP contribution in [0.15, 0.2) is 48.9 Å². The summed E-state index contributed by atoms with van der Waals surface area (Å²) in [5.74, 6) is 0.215. The molecule has 2 aromatic heterocycles. The summed E-state index contributed by atoms with van der Waals surface area (Å²) in [5, 5.41) is 5.52. The minimum Gasteiger partial charge on any atom is -0.492 e. The van der Waals surface area contributed by atoms with Crippen molar-refractivity contribution in [3.63, 3.8) is 0 Å². The molecule has 34 heavy (non-hydrogen) atoms.